The molecule has 0 amide bonds. The van der Waals surface area contributed by atoms with Crippen LogP contribution in [0.1, 0.15) is 13.3 Å². The molecule has 2 aromatic rings. The molecule has 0 saturated carbocycles. The van der Waals surface area contributed by atoms with Crippen LogP contribution in [0.3, 0.4) is 0 Å². The van der Waals surface area contributed by atoms with Crippen molar-refractivity contribution in [2.24, 2.45) is 0 Å². The van der Waals surface area contributed by atoms with E-state index in [0.717, 1.165) is 17.8 Å². The molecule has 0 aromatic carbocycles. The first-order chi connectivity index (χ1) is 7.31. The van der Waals surface area contributed by atoms with Crippen LogP contribution >= 0.6 is 11.6 Å². The number of nitrogens with zero attached hydrogens (tertiary/aromatic N) is 3. The van der Waals surface area contributed by atoms with Gasteiger partial charge in [0, 0.05) is 11.9 Å². The molecule has 2 heterocycles. The molecule has 1 unspecified atom stereocenters. The van der Waals surface area contributed by atoms with Gasteiger partial charge in [0.15, 0.2) is 11.5 Å². The third-order valence-electron chi connectivity index (χ3n) is 2.15. The van der Waals surface area contributed by atoms with Crippen molar-refractivity contribution in [2.75, 3.05) is 11.2 Å². The number of fused-ring (bicyclic) bond motifs is 1. The second kappa shape index (κ2) is 4.44. The molecule has 0 radical (unpaired) electrons. The van der Waals surface area contributed by atoms with Crippen LogP contribution in [0.2, 0.25) is 0 Å². The maximum atomic E-state index is 5.67. The van der Waals surface area contributed by atoms with E-state index in [9.17, 15) is 0 Å². The second-order valence-corrected chi connectivity index (χ2v) is 3.72. The molecule has 0 bridgehead atoms. The van der Waals surface area contributed by atoms with E-state index in [4.69, 9.17) is 11.6 Å². The van der Waals surface area contributed by atoms with Crippen LogP contribution in [0.5, 0.6) is 0 Å². The lowest BCUT2D eigenvalue weighted by Gasteiger charge is -2.12. The molecular formula is C9H12ClN5. The van der Waals surface area contributed by atoms with Crippen LogP contribution in [0.15, 0.2) is 12.7 Å². The number of rotatable bonds is 4. The van der Waals surface area contributed by atoms with Gasteiger partial charge in [-0.1, -0.05) is 0 Å². The summed E-state index contributed by atoms with van der Waals surface area (Å²) in [6.07, 6.45) is 4.00. The number of alkyl halides is 1. The third kappa shape index (κ3) is 2.18. The number of imidazole rings is 1. The summed E-state index contributed by atoms with van der Waals surface area (Å²) in [4.78, 5) is 15.3. The minimum Gasteiger partial charge on any atom is -0.366 e. The van der Waals surface area contributed by atoms with E-state index >= 15 is 0 Å². The second-order valence-electron chi connectivity index (χ2n) is 3.35. The van der Waals surface area contributed by atoms with Gasteiger partial charge in [-0.2, -0.15) is 0 Å². The summed E-state index contributed by atoms with van der Waals surface area (Å²) < 4.78 is 0. The first-order valence-electron chi connectivity index (χ1n) is 4.78. The van der Waals surface area contributed by atoms with Gasteiger partial charge in [0.05, 0.1) is 6.33 Å². The van der Waals surface area contributed by atoms with E-state index in [1.54, 1.807) is 6.33 Å². The van der Waals surface area contributed by atoms with Crippen molar-refractivity contribution >= 4 is 28.6 Å². The minimum atomic E-state index is 0.281. The molecule has 6 heteroatoms. The SMILES string of the molecule is CC(CCCl)Nc1ncnc2nc[nH]c12. The van der Waals surface area contributed by atoms with Crippen molar-refractivity contribution in [2.45, 2.75) is 19.4 Å². The Morgan fingerprint density at radius 1 is 1.47 bits per heavy atom. The van der Waals surface area contributed by atoms with Crippen molar-refractivity contribution in [3.63, 3.8) is 0 Å². The number of hydrogen-bond donors (Lipinski definition) is 2. The molecule has 5 nitrogen and oxygen atoms in total. The number of hydrogen-bond acceptors (Lipinski definition) is 4. The average molecular weight is 226 g/mol. The minimum absolute atomic E-state index is 0.281. The van der Waals surface area contributed by atoms with Gasteiger partial charge in [0.25, 0.3) is 0 Å². The molecule has 0 aliphatic heterocycles. The van der Waals surface area contributed by atoms with Gasteiger partial charge in [-0.25, -0.2) is 15.0 Å². The summed E-state index contributed by atoms with van der Waals surface area (Å²) in [5, 5.41) is 3.27. The van der Waals surface area contributed by atoms with E-state index in [0.29, 0.717) is 11.5 Å². The van der Waals surface area contributed by atoms with Crippen molar-refractivity contribution in [3.05, 3.63) is 12.7 Å². The number of halogens is 1. The van der Waals surface area contributed by atoms with Gasteiger partial charge in [0.2, 0.25) is 0 Å². The largest absolute Gasteiger partial charge is 0.366 e. The third-order valence-corrected chi connectivity index (χ3v) is 2.37. The number of nitrogens with one attached hydrogen (secondary N) is 2. The highest BCUT2D eigenvalue weighted by molar-refractivity contribution is 6.17. The van der Waals surface area contributed by atoms with Crippen LogP contribution in [0, 0.1) is 0 Å². The van der Waals surface area contributed by atoms with Gasteiger partial charge in [-0.3, -0.25) is 0 Å². The molecule has 15 heavy (non-hydrogen) atoms. The Morgan fingerprint density at radius 3 is 3.13 bits per heavy atom. The molecule has 2 rings (SSSR count). The van der Waals surface area contributed by atoms with Crippen LogP contribution < -0.4 is 5.32 Å². The summed E-state index contributed by atoms with van der Waals surface area (Å²) in [6, 6.07) is 0.281. The zero-order chi connectivity index (χ0) is 10.7. The van der Waals surface area contributed by atoms with Crippen molar-refractivity contribution < 1.29 is 0 Å². The summed E-state index contributed by atoms with van der Waals surface area (Å²) >= 11 is 5.67. The average Bonchev–Trinajstić information content (AvgIpc) is 2.67. The molecule has 0 spiro atoms. The zero-order valence-corrected chi connectivity index (χ0v) is 9.12. The van der Waals surface area contributed by atoms with Crippen molar-refractivity contribution in [1.29, 1.82) is 0 Å². The molecule has 0 saturated heterocycles. The molecule has 0 aliphatic carbocycles. The molecule has 2 aromatic heterocycles. The van der Waals surface area contributed by atoms with Crippen LogP contribution in [0.25, 0.3) is 11.2 Å². The maximum absolute atomic E-state index is 5.67. The maximum Gasteiger partial charge on any atom is 0.182 e. The Hall–Kier alpha value is -1.36. The van der Waals surface area contributed by atoms with Crippen LogP contribution in [-0.4, -0.2) is 31.9 Å². The predicted octanol–water partition coefficient (Wildman–Crippen LogP) is 1.78. The molecule has 80 valence electrons. The monoisotopic (exact) mass is 225 g/mol. The lowest BCUT2D eigenvalue weighted by atomic mass is 10.2. The molecule has 0 fully saturated rings. The number of H-pyrrole nitrogens is 1. The highest BCUT2D eigenvalue weighted by Gasteiger charge is 2.08. The lowest BCUT2D eigenvalue weighted by Crippen LogP contribution is -2.16. The van der Waals surface area contributed by atoms with Crippen LogP contribution in [0.4, 0.5) is 5.82 Å². The molecular weight excluding hydrogens is 214 g/mol. The van der Waals surface area contributed by atoms with Gasteiger partial charge in [-0.05, 0) is 13.3 Å². The Balaban J connectivity index is 2.23. The molecule has 1 atom stereocenters. The summed E-state index contributed by atoms with van der Waals surface area (Å²) in [5.41, 5.74) is 1.50. The first-order valence-corrected chi connectivity index (χ1v) is 5.31. The Morgan fingerprint density at radius 2 is 2.33 bits per heavy atom. The highest BCUT2D eigenvalue weighted by Crippen LogP contribution is 2.15. The summed E-state index contributed by atoms with van der Waals surface area (Å²) in [5.74, 6) is 1.40. The van der Waals surface area contributed by atoms with E-state index in [1.807, 2.05) is 0 Å². The highest BCUT2D eigenvalue weighted by atomic mass is 35.5. The fourth-order valence-corrected chi connectivity index (χ4v) is 1.67. The van der Waals surface area contributed by atoms with Crippen molar-refractivity contribution in [1.82, 2.24) is 19.9 Å². The van der Waals surface area contributed by atoms with E-state index in [1.165, 1.54) is 6.33 Å². The smallest absolute Gasteiger partial charge is 0.182 e. The van der Waals surface area contributed by atoms with Gasteiger partial charge in [-0.15, -0.1) is 11.6 Å². The predicted molar refractivity (Wildman–Crippen MR) is 60.1 cm³/mol. The Kier molecular flexibility index (Phi) is 3.01. The van der Waals surface area contributed by atoms with Gasteiger partial charge < -0.3 is 10.3 Å². The summed E-state index contributed by atoms with van der Waals surface area (Å²) in [7, 11) is 0. The number of anilines is 1. The first kappa shape index (κ1) is 10.2. The van der Waals surface area contributed by atoms with E-state index in [2.05, 4.69) is 32.2 Å². The van der Waals surface area contributed by atoms with Gasteiger partial charge in [0.1, 0.15) is 11.8 Å². The Labute approximate surface area is 92.3 Å². The standard InChI is InChI=1S/C9H12ClN5/c1-6(2-3-10)15-9-7-8(12-4-11-7)13-5-14-9/h4-6H,2-3H2,1H3,(H2,11,12,13,14,15). The Bertz CT molecular complexity index is 441. The molecule has 2 N–H and O–H groups in total. The normalized spacial score (nSPS) is 12.9. The fraction of sp³-hybridized carbons (Fsp3) is 0.444. The quantitative estimate of drug-likeness (QED) is 0.779. The zero-order valence-electron chi connectivity index (χ0n) is 8.37. The fourth-order valence-electron chi connectivity index (χ4n) is 1.34. The topological polar surface area (TPSA) is 66.5 Å². The lowest BCUT2D eigenvalue weighted by molar-refractivity contribution is 0.764. The number of aromatic amines is 1. The van der Waals surface area contributed by atoms with Gasteiger partial charge >= 0.3 is 0 Å². The molecule has 0 aliphatic rings. The summed E-state index contributed by atoms with van der Waals surface area (Å²) in [6.45, 7) is 2.06. The van der Waals surface area contributed by atoms with E-state index in [-0.39, 0.29) is 6.04 Å². The van der Waals surface area contributed by atoms with Crippen molar-refractivity contribution in [3.8, 4) is 0 Å². The van der Waals surface area contributed by atoms with E-state index < -0.39 is 0 Å². The van der Waals surface area contributed by atoms with Crippen LogP contribution in [-0.2, 0) is 0 Å². The number of aromatic nitrogens is 4.